The molecule has 0 N–H and O–H groups in total. The number of nitrogens with zero attached hydrogens (tertiary/aromatic N) is 4. The number of benzene rings is 1. The Morgan fingerprint density at radius 2 is 1.81 bits per heavy atom. The van der Waals surface area contributed by atoms with Crippen molar-refractivity contribution in [2.75, 3.05) is 32.8 Å². The molecular formula is C19H21F3N4O4S. The van der Waals surface area contributed by atoms with E-state index in [-0.39, 0.29) is 31.1 Å². The number of aromatic nitrogens is 2. The zero-order valence-electron chi connectivity index (χ0n) is 16.7. The van der Waals surface area contributed by atoms with Crippen LogP contribution in [0.4, 0.5) is 13.2 Å². The van der Waals surface area contributed by atoms with Gasteiger partial charge in [-0.2, -0.15) is 22.6 Å². The fraction of sp³-hybridized carbons (Fsp3) is 0.474. The Kier molecular flexibility index (Phi) is 5.56. The van der Waals surface area contributed by atoms with Crippen molar-refractivity contribution in [3.05, 3.63) is 46.8 Å². The van der Waals surface area contributed by atoms with Crippen molar-refractivity contribution in [2.45, 2.75) is 24.0 Å². The molecule has 1 aromatic carbocycles. The molecule has 1 aromatic heterocycles. The van der Waals surface area contributed by atoms with Gasteiger partial charge < -0.3 is 9.64 Å². The molecule has 0 bridgehead atoms. The van der Waals surface area contributed by atoms with E-state index in [4.69, 9.17) is 4.74 Å². The maximum Gasteiger partial charge on any atom is 0.417 e. The first-order valence-corrected chi connectivity index (χ1v) is 11.1. The molecule has 0 saturated carbocycles. The van der Waals surface area contributed by atoms with Gasteiger partial charge in [-0.15, -0.1) is 0 Å². The van der Waals surface area contributed by atoms with E-state index in [9.17, 15) is 26.4 Å². The van der Waals surface area contributed by atoms with Crippen LogP contribution in [0.3, 0.4) is 0 Å². The van der Waals surface area contributed by atoms with Crippen LogP contribution in [0.25, 0.3) is 0 Å². The Bertz CT molecular complexity index is 1110. The maximum absolute atomic E-state index is 13.4. The molecular weight excluding hydrogens is 437 g/mol. The molecule has 1 amide bonds. The van der Waals surface area contributed by atoms with Crippen molar-refractivity contribution in [3.63, 3.8) is 0 Å². The van der Waals surface area contributed by atoms with Crippen LogP contribution in [0.5, 0.6) is 0 Å². The topological polar surface area (TPSA) is 84.7 Å². The third-order valence-electron chi connectivity index (χ3n) is 5.52. The van der Waals surface area contributed by atoms with Crippen LogP contribution < -0.4 is 0 Å². The first-order valence-electron chi connectivity index (χ1n) is 9.69. The van der Waals surface area contributed by atoms with Crippen LogP contribution in [0.1, 0.15) is 27.3 Å². The van der Waals surface area contributed by atoms with Gasteiger partial charge in [-0.1, -0.05) is 12.1 Å². The first kappa shape index (κ1) is 21.8. The van der Waals surface area contributed by atoms with Crippen LogP contribution in [0.15, 0.2) is 29.2 Å². The van der Waals surface area contributed by atoms with Gasteiger partial charge in [0.25, 0.3) is 5.91 Å². The summed E-state index contributed by atoms with van der Waals surface area (Å²) in [4.78, 5) is 13.8. The first-order chi connectivity index (χ1) is 14.6. The van der Waals surface area contributed by atoms with Crippen LogP contribution in [0.2, 0.25) is 0 Å². The molecule has 0 radical (unpaired) electrons. The largest absolute Gasteiger partial charge is 0.417 e. The normalized spacial score (nSPS) is 18.1. The quantitative estimate of drug-likeness (QED) is 0.699. The average molecular weight is 458 g/mol. The third kappa shape index (κ3) is 3.94. The van der Waals surface area contributed by atoms with E-state index in [2.05, 4.69) is 5.10 Å². The second-order valence-corrected chi connectivity index (χ2v) is 9.29. The summed E-state index contributed by atoms with van der Waals surface area (Å²) in [6.07, 6.45) is -4.57. The lowest BCUT2D eigenvalue weighted by molar-refractivity contribution is -0.139. The molecule has 1 fully saturated rings. The monoisotopic (exact) mass is 458 g/mol. The molecule has 2 aliphatic heterocycles. The lowest BCUT2D eigenvalue weighted by Gasteiger charge is -2.29. The number of fused-ring (bicyclic) bond motifs is 1. The molecule has 168 valence electrons. The summed E-state index contributed by atoms with van der Waals surface area (Å²) in [6, 6.07) is 4.11. The van der Waals surface area contributed by atoms with E-state index in [1.807, 2.05) is 0 Å². The smallest absolute Gasteiger partial charge is 0.378 e. The molecule has 0 aliphatic carbocycles. The number of halogens is 3. The number of ether oxygens (including phenoxy) is 1. The standard InChI is InChI=1S/C19H21F3N4O4S/c1-24-15-6-7-26(31(28,29)16-5-3-2-4-14(16)19(20,21)22)12-13(15)17(23-24)18(27)25-8-10-30-11-9-25/h2-5H,6-12H2,1H3. The highest BCUT2D eigenvalue weighted by molar-refractivity contribution is 7.89. The minimum absolute atomic E-state index is 0.00770. The van der Waals surface area contributed by atoms with Gasteiger partial charge in [0.05, 0.1) is 23.7 Å². The fourth-order valence-electron chi connectivity index (χ4n) is 3.93. The lowest BCUT2D eigenvalue weighted by atomic mass is 10.1. The van der Waals surface area contributed by atoms with Gasteiger partial charge >= 0.3 is 6.18 Å². The Morgan fingerprint density at radius 1 is 1.13 bits per heavy atom. The van der Waals surface area contributed by atoms with E-state index in [0.717, 1.165) is 22.5 Å². The predicted octanol–water partition coefficient (Wildman–Crippen LogP) is 1.66. The Balaban J connectivity index is 1.69. The lowest BCUT2D eigenvalue weighted by Crippen LogP contribution is -2.42. The van der Waals surface area contributed by atoms with E-state index >= 15 is 0 Å². The van der Waals surface area contributed by atoms with Crippen LogP contribution in [0, 0.1) is 0 Å². The highest BCUT2D eigenvalue weighted by atomic mass is 32.2. The van der Waals surface area contributed by atoms with Crippen molar-refractivity contribution < 1.29 is 31.1 Å². The van der Waals surface area contributed by atoms with E-state index in [0.29, 0.717) is 37.6 Å². The number of morpholine rings is 1. The summed E-state index contributed by atoms with van der Waals surface area (Å²) in [5, 5.41) is 4.30. The number of carbonyl (C=O) groups excluding carboxylic acids is 1. The van der Waals surface area contributed by atoms with Crippen molar-refractivity contribution in [1.29, 1.82) is 0 Å². The van der Waals surface area contributed by atoms with Crippen molar-refractivity contribution in [3.8, 4) is 0 Å². The molecule has 1 saturated heterocycles. The van der Waals surface area contributed by atoms with Crippen molar-refractivity contribution in [2.24, 2.45) is 7.05 Å². The number of amides is 1. The molecule has 31 heavy (non-hydrogen) atoms. The minimum Gasteiger partial charge on any atom is -0.378 e. The number of aryl methyl sites for hydroxylation is 1. The van der Waals surface area contributed by atoms with Gasteiger partial charge in [0.2, 0.25) is 10.0 Å². The maximum atomic E-state index is 13.4. The third-order valence-corrected chi connectivity index (χ3v) is 7.42. The number of sulfonamides is 1. The molecule has 2 aliphatic rings. The molecule has 0 atom stereocenters. The number of hydrogen-bond donors (Lipinski definition) is 0. The zero-order chi connectivity index (χ0) is 22.4. The highest BCUT2D eigenvalue weighted by Crippen LogP contribution is 2.36. The summed E-state index contributed by atoms with van der Waals surface area (Å²) in [6.45, 7) is 1.36. The molecule has 0 unspecified atom stereocenters. The summed E-state index contributed by atoms with van der Waals surface area (Å²) in [5.41, 5.74) is 0.0467. The Morgan fingerprint density at radius 3 is 2.48 bits per heavy atom. The molecule has 2 aromatic rings. The van der Waals surface area contributed by atoms with Gasteiger partial charge in [-0.3, -0.25) is 9.48 Å². The summed E-state index contributed by atoms with van der Waals surface area (Å²) >= 11 is 0. The van der Waals surface area contributed by atoms with Gasteiger partial charge in [0.1, 0.15) is 0 Å². The van der Waals surface area contributed by atoms with Crippen LogP contribution >= 0.6 is 0 Å². The van der Waals surface area contributed by atoms with E-state index in [1.165, 1.54) is 10.7 Å². The second-order valence-electron chi connectivity index (χ2n) is 7.38. The predicted molar refractivity (Wildman–Crippen MR) is 103 cm³/mol. The minimum atomic E-state index is -4.81. The van der Waals surface area contributed by atoms with Gasteiger partial charge in [0.15, 0.2) is 5.69 Å². The Hall–Kier alpha value is -2.44. The number of alkyl halides is 3. The van der Waals surface area contributed by atoms with Crippen LogP contribution in [-0.4, -0.2) is 66.2 Å². The highest BCUT2D eigenvalue weighted by Gasteiger charge is 2.41. The molecule has 8 nitrogen and oxygen atoms in total. The van der Waals surface area contributed by atoms with Gasteiger partial charge in [0, 0.05) is 50.9 Å². The number of hydrogen-bond acceptors (Lipinski definition) is 5. The number of rotatable bonds is 3. The van der Waals surface area contributed by atoms with Gasteiger partial charge in [-0.25, -0.2) is 8.42 Å². The van der Waals surface area contributed by atoms with Gasteiger partial charge in [-0.05, 0) is 12.1 Å². The summed E-state index contributed by atoms with van der Waals surface area (Å²) in [5.74, 6) is -0.338. The van der Waals surface area contributed by atoms with Crippen molar-refractivity contribution in [1.82, 2.24) is 19.0 Å². The van der Waals surface area contributed by atoms with E-state index in [1.54, 1.807) is 11.9 Å². The fourth-order valence-corrected chi connectivity index (χ4v) is 5.55. The molecule has 0 spiro atoms. The van der Waals surface area contributed by atoms with Crippen LogP contribution in [-0.2, 0) is 40.9 Å². The average Bonchev–Trinajstić information content (AvgIpc) is 3.09. The molecule has 12 heteroatoms. The summed E-state index contributed by atoms with van der Waals surface area (Å²) in [7, 11) is -2.78. The SMILES string of the molecule is Cn1nc(C(=O)N2CCOCC2)c2c1CCN(S(=O)(=O)c1ccccc1C(F)(F)F)C2. The molecule has 4 rings (SSSR count). The zero-order valence-corrected chi connectivity index (χ0v) is 17.5. The van der Waals surface area contributed by atoms with E-state index < -0.39 is 26.7 Å². The summed E-state index contributed by atoms with van der Waals surface area (Å²) < 4.78 is 74.3. The van der Waals surface area contributed by atoms with Crippen molar-refractivity contribution >= 4 is 15.9 Å². The Labute approximate surface area is 177 Å². The molecule has 3 heterocycles. The second kappa shape index (κ2) is 7.92. The number of carbonyl (C=O) groups is 1.